The highest BCUT2D eigenvalue weighted by molar-refractivity contribution is 7.55. The lowest BCUT2D eigenvalue weighted by Crippen LogP contribution is -2.17. The molecule has 0 aromatic rings. The Morgan fingerprint density at radius 1 is 1.33 bits per heavy atom. The van der Waals surface area contributed by atoms with E-state index < -0.39 is 19.9 Å². The minimum absolute atomic E-state index is 0.139. The van der Waals surface area contributed by atoms with Crippen molar-refractivity contribution in [1.29, 1.82) is 0 Å². The molecular formula is C8H15F2O4P. The topological polar surface area (TPSA) is 55.8 Å². The molecule has 0 spiro atoms. The summed E-state index contributed by atoms with van der Waals surface area (Å²) in [4.78, 5) is 0. The molecule has 0 heterocycles. The van der Waals surface area contributed by atoms with E-state index >= 15 is 0 Å². The van der Waals surface area contributed by atoms with Crippen LogP contribution in [0.4, 0.5) is 8.78 Å². The molecule has 1 N–H and O–H groups in total. The normalized spacial score (nSPS) is 13.7. The highest BCUT2D eigenvalue weighted by Crippen LogP contribution is 2.62. The highest BCUT2D eigenvalue weighted by Gasteiger charge is 2.51. The van der Waals surface area contributed by atoms with Crippen molar-refractivity contribution in [3.63, 3.8) is 0 Å². The van der Waals surface area contributed by atoms with Crippen LogP contribution in [0.2, 0.25) is 0 Å². The van der Waals surface area contributed by atoms with Crippen LogP contribution in [0.25, 0.3) is 0 Å². The van der Waals surface area contributed by atoms with Gasteiger partial charge in [0, 0.05) is 0 Å². The fourth-order valence-electron chi connectivity index (χ4n) is 0.835. The van der Waals surface area contributed by atoms with Crippen LogP contribution in [0.1, 0.15) is 13.8 Å². The van der Waals surface area contributed by atoms with E-state index in [0.29, 0.717) is 6.08 Å². The van der Waals surface area contributed by atoms with Gasteiger partial charge in [-0.05, 0) is 19.9 Å². The van der Waals surface area contributed by atoms with Crippen molar-refractivity contribution in [3.8, 4) is 0 Å². The summed E-state index contributed by atoms with van der Waals surface area (Å²) in [6, 6.07) is 0. The van der Waals surface area contributed by atoms with Crippen LogP contribution >= 0.6 is 7.60 Å². The Morgan fingerprint density at radius 3 is 2.13 bits per heavy atom. The molecule has 0 aliphatic rings. The van der Waals surface area contributed by atoms with Crippen molar-refractivity contribution >= 4 is 7.60 Å². The van der Waals surface area contributed by atoms with Crippen molar-refractivity contribution in [1.82, 2.24) is 0 Å². The number of aliphatic hydroxyl groups excluding tert-OH is 1. The molecule has 0 radical (unpaired) electrons. The van der Waals surface area contributed by atoms with E-state index in [1.165, 1.54) is 13.8 Å². The quantitative estimate of drug-likeness (QED) is 0.551. The third kappa shape index (κ3) is 3.99. The van der Waals surface area contributed by atoms with Crippen LogP contribution < -0.4 is 0 Å². The SMILES string of the molecule is CCOP(=O)(OCC)C(F)(F)/C=C/CO. The summed E-state index contributed by atoms with van der Waals surface area (Å²) in [6.45, 7) is 2.04. The van der Waals surface area contributed by atoms with Crippen LogP contribution in [0.3, 0.4) is 0 Å². The number of rotatable bonds is 7. The zero-order chi connectivity index (χ0) is 11.9. The first-order valence-corrected chi connectivity index (χ1v) is 6.03. The van der Waals surface area contributed by atoms with Crippen LogP contribution in [0.15, 0.2) is 12.2 Å². The van der Waals surface area contributed by atoms with Crippen molar-refractivity contribution in [2.75, 3.05) is 19.8 Å². The van der Waals surface area contributed by atoms with Crippen LogP contribution in [0, 0.1) is 0 Å². The van der Waals surface area contributed by atoms with Gasteiger partial charge in [-0.15, -0.1) is 0 Å². The average Bonchev–Trinajstić information content (AvgIpc) is 2.15. The Morgan fingerprint density at radius 2 is 1.80 bits per heavy atom. The molecule has 0 amide bonds. The Balaban J connectivity index is 4.88. The third-order valence-corrected chi connectivity index (χ3v) is 3.46. The Hall–Kier alpha value is -0.290. The molecule has 0 aromatic carbocycles. The molecule has 0 saturated heterocycles. The average molecular weight is 244 g/mol. The largest absolute Gasteiger partial charge is 0.403 e. The summed E-state index contributed by atoms with van der Waals surface area (Å²) in [5, 5.41) is 8.36. The van der Waals surface area contributed by atoms with Crippen LogP contribution in [0.5, 0.6) is 0 Å². The fourth-order valence-corrected chi connectivity index (χ4v) is 2.22. The van der Waals surface area contributed by atoms with Gasteiger partial charge in [0.25, 0.3) is 0 Å². The van der Waals surface area contributed by atoms with Gasteiger partial charge in [0.2, 0.25) is 0 Å². The molecule has 0 aliphatic carbocycles. The molecule has 0 atom stereocenters. The molecule has 90 valence electrons. The van der Waals surface area contributed by atoms with Gasteiger partial charge < -0.3 is 14.2 Å². The number of hydrogen-bond donors (Lipinski definition) is 1. The first kappa shape index (κ1) is 14.7. The van der Waals surface area contributed by atoms with E-state index in [9.17, 15) is 13.3 Å². The molecule has 0 unspecified atom stereocenters. The van der Waals surface area contributed by atoms with E-state index in [2.05, 4.69) is 9.05 Å². The van der Waals surface area contributed by atoms with Crippen molar-refractivity contribution in [2.45, 2.75) is 19.5 Å². The lowest BCUT2D eigenvalue weighted by atomic mass is 10.5. The predicted octanol–water partition coefficient (Wildman–Crippen LogP) is 2.39. The second kappa shape index (κ2) is 6.33. The van der Waals surface area contributed by atoms with Crippen molar-refractivity contribution in [2.24, 2.45) is 0 Å². The lowest BCUT2D eigenvalue weighted by Gasteiger charge is -2.23. The molecule has 4 nitrogen and oxygen atoms in total. The number of aliphatic hydroxyl groups is 1. The summed E-state index contributed by atoms with van der Waals surface area (Å²) in [5.41, 5.74) is -3.72. The fraction of sp³-hybridized carbons (Fsp3) is 0.750. The Kier molecular flexibility index (Phi) is 6.20. The second-order valence-electron chi connectivity index (χ2n) is 2.51. The highest BCUT2D eigenvalue weighted by atomic mass is 31.2. The van der Waals surface area contributed by atoms with Gasteiger partial charge in [0.1, 0.15) is 0 Å². The van der Waals surface area contributed by atoms with Crippen LogP contribution in [-0.2, 0) is 13.6 Å². The summed E-state index contributed by atoms with van der Waals surface area (Å²) >= 11 is 0. The summed E-state index contributed by atoms with van der Waals surface area (Å²) < 4.78 is 47.2. The minimum atomic E-state index is -4.48. The van der Waals surface area contributed by atoms with Crippen molar-refractivity contribution in [3.05, 3.63) is 12.2 Å². The maximum atomic E-state index is 13.3. The van der Waals surface area contributed by atoms with Crippen LogP contribution in [-0.4, -0.2) is 30.6 Å². The monoisotopic (exact) mass is 244 g/mol. The number of halogens is 2. The van der Waals surface area contributed by atoms with Gasteiger partial charge >= 0.3 is 13.3 Å². The smallest absolute Gasteiger partial charge is 0.392 e. The predicted molar refractivity (Wildman–Crippen MR) is 52.0 cm³/mol. The standard InChI is InChI=1S/C8H15F2O4P/c1-3-13-15(12,14-4-2)8(9,10)6-5-7-11/h5-6,11H,3-4,7H2,1-2H3/b6-5+. The molecule has 0 saturated carbocycles. The van der Waals surface area contributed by atoms with Gasteiger partial charge in [-0.25, -0.2) is 0 Å². The zero-order valence-corrected chi connectivity index (χ0v) is 9.55. The first-order valence-electron chi connectivity index (χ1n) is 4.49. The molecule has 0 rings (SSSR count). The lowest BCUT2D eigenvalue weighted by molar-refractivity contribution is 0.0788. The summed E-state index contributed by atoms with van der Waals surface area (Å²) in [6.07, 6.45) is 1.13. The zero-order valence-electron chi connectivity index (χ0n) is 8.65. The van der Waals surface area contributed by atoms with Crippen molar-refractivity contribution < 1.29 is 27.5 Å². The van der Waals surface area contributed by atoms with E-state index in [0.717, 1.165) is 6.08 Å². The Bertz CT molecular complexity index is 245. The maximum absolute atomic E-state index is 13.3. The first-order chi connectivity index (χ1) is 6.93. The van der Waals surface area contributed by atoms with E-state index in [4.69, 9.17) is 5.11 Å². The molecular weight excluding hydrogens is 229 g/mol. The summed E-state index contributed by atoms with van der Waals surface area (Å²) in [7, 11) is -4.48. The van der Waals surface area contributed by atoms with Gasteiger partial charge in [-0.1, -0.05) is 6.08 Å². The van der Waals surface area contributed by atoms with E-state index in [-0.39, 0.29) is 13.2 Å². The maximum Gasteiger partial charge on any atom is 0.403 e. The van der Waals surface area contributed by atoms with Gasteiger partial charge in [0.05, 0.1) is 19.8 Å². The van der Waals surface area contributed by atoms with E-state index in [1.54, 1.807) is 0 Å². The molecule has 0 aromatic heterocycles. The molecule has 7 heteroatoms. The van der Waals surface area contributed by atoms with Gasteiger partial charge in [-0.2, -0.15) is 8.78 Å². The minimum Gasteiger partial charge on any atom is -0.392 e. The second-order valence-corrected chi connectivity index (χ2v) is 4.61. The summed E-state index contributed by atoms with van der Waals surface area (Å²) in [5.74, 6) is 0. The molecule has 0 bridgehead atoms. The molecule has 15 heavy (non-hydrogen) atoms. The number of hydrogen-bond acceptors (Lipinski definition) is 4. The number of allylic oxidation sites excluding steroid dienone is 1. The van der Waals surface area contributed by atoms with Gasteiger partial charge in [0.15, 0.2) is 0 Å². The molecule has 0 fully saturated rings. The van der Waals surface area contributed by atoms with E-state index in [1.807, 2.05) is 0 Å². The Labute approximate surface area is 87.4 Å². The van der Waals surface area contributed by atoms with Gasteiger partial charge in [-0.3, -0.25) is 4.57 Å². The molecule has 0 aliphatic heterocycles. The third-order valence-electron chi connectivity index (χ3n) is 1.39. The number of alkyl halides is 2.